The molecule has 1 aromatic rings. The standard InChI is InChI=1S/C12H18N4O/c1-3-9-5-4-6-10(9)14-16-12(17)11-7-8(2)13-15-11/h7,9H,3-6H2,1-2H3,(H,13,15)(H,16,17)/t9-/m0/s1. The number of hydrazone groups is 1. The lowest BCUT2D eigenvalue weighted by Crippen LogP contribution is -2.21. The van der Waals surface area contributed by atoms with Crippen molar-refractivity contribution in [1.29, 1.82) is 0 Å². The van der Waals surface area contributed by atoms with Crippen molar-refractivity contribution in [3.8, 4) is 0 Å². The Kier molecular flexibility index (Phi) is 3.56. The van der Waals surface area contributed by atoms with E-state index in [9.17, 15) is 4.79 Å². The third kappa shape index (κ3) is 2.72. The molecule has 1 heterocycles. The third-order valence-electron chi connectivity index (χ3n) is 3.19. The van der Waals surface area contributed by atoms with Gasteiger partial charge >= 0.3 is 0 Å². The SMILES string of the molecule is CC[C@H]1CCCC1=NNC(=O)c1cc(C)[nH]n1. The van der Waals surface area contributed by atoms with Crippen LogP contribution in [0.3, 0.4) is 0 Å². The van der Waals surface area contributed by atoms with Gasteiger partial charge in [-0.3, -0.25) is 9.89 Å². The van der Waals surface area contributed by atoms with Gasteiger partial charge in [-0.05, 0) is 44.6 Å². The van der Waals surface area contributed by atoms with Gasteiger partial charge in [0.25, 0.3) is 5.91 Å². The van der Waals surface area contributed by atoms with E-state index in [1.807, 2.05) is 6.92 Å². The number of hydrogen-bond donors (Lipinski definition) is 2. The van der Waals surface area contributed by atoms with Crippen LogP contribution in [0, 0.1) is 12.8 Å². The van der Waals surface area contributed by atoms with Crippen LogP contribution in [-0.4, -0.2) is 21.8 Å². The number of nitrogens with one attached hydrogen (secondary N) is 2. The van der Waals surface area contributed by atoms with Crippen molar-refractivity contribution in [2.24, 2.45) is 11.0 Å². The lowest BCUT2D eigenvalue weighted by molar-refractivity contribution is 0.0949. The summed E-state index contributed by atoms with van der Waals surface area (Å²) < 4.78 is 0. The Hall–Kier alpha value is -1.65. The molecule has 0 spiro atoms. The van der Waals surface area contributed by atoms with Crippen LogP contribution in [0.15, 0.2) is 11.2 Å². The van der Waals surface area contributed by atoms with E-state index < -0.39 is 0 Å². The third-order valence-corrected chi connectivity index (χ3v) is 3.19. The summed E-state index contributed by atoms with van der Waals surface area (Å²) in [5.74, 6) is 0.292. The quantitative estimate of drug-likeness (QED) is 0.785. The number of carbonyl (C=O) groups is 1. The van der Waals surface area contributed by atoms with Crippen molar-refractivity contribution in [1.82, 2.24) is 15.6 Å². The molecule has 1 aromatic heterocycles. The summed E-state index contributed by atoms with van der Waals surface area (Å²) in [5.41, 5.74) is 4.96. The van der Waals surface area contributed by atoms with E-state index in [-0.39, 0.29) is 5.91 Å². The van der Waals surface area contributed by atoms with Crippen molar-refractivity contribution in [3.05, 3.63) is 17.5 Å². The second-order valence-electron chi connectivity index (χ2n) is 4.48. The molecular formula is C12H18N4O. The summed E-state index contributed by atoms with van der Waals surface area (Å²) in [5, 5.41) is 10.9. The zero-order chi connectivity index (χ0) is 12.3. The van der Waals surface area contributed by atoms with Crippen LogP contribution in [-0.2, 0) is 0 Å². The predicted octanol–water partition coefficient (Wildman–Crippen LogP) is 2.01. The fraction of sp³-hybridized carbons (Fsp3) is 0.583. The van der Waals surface area contributed by atoms with E-state index in [1.54, 1.807) is 6.07 Å². The lowest BCUT2D eigenvalue weighted by Gasteiger charge is -2.06. The smallest absolute Gasteiger partial charge is 0.282 e. The monoisotopic (exact) mass is 234 g/mol. The second kappa shape index (κ2) is 5.12. The average Bonchev–Trinajstić information content (AvgIpc) is 2.94. The molecule has 1 saturated carbocycles. The molecule has 1 amide bonds. The molecule has 17 heavy (non-hydrogen) atoms. The molecule has 1 atom stereocenters. The summed E-state index contributed by atoms with van der Waals surface area (Å²) in [6.45, 7) is 4.02. The highest BCUT2D eigenvalue weighted by molar-refractivity contribution is 5.94. The minimum atomic E-state index is -0.247. The van der Waals surface area contributed by atoms with E-state index in [0.29, 0.717) is 11.6 Å². The molecule has 0 aromatic carbocycles. The van der Waals surface area contributed by atoms with Gasteiger partial charge in [-0.1, -0.05) is 6.92 Å². The summed E-state index contributed by atoms with van der Waals surface area (Å²) >= 11 is 0. The fourth-order valence-electron chi connectivity index (χ4n) is 2.20. The normalized spacial score (nSPS) is 22.0. The van der Waals surface area contributed by atoms with Crippen LogP contribution in [0.1, 0.15) is 48.8 Å². The number of carbonyl (C=O) groups excluding carboxylic acids is 1. The zero-order valence-electron chi connectivity index (χ0n) is 10.3. The van der Waals surface area contributed by atoms with Crippen LogP contribution < -0.4 is 5.43 Å². The van der Waals surface area contributed by atoms with Crippen LogP contribution in [0.4, 0.5) is 0 Å². The summed E-state index contributed by atoms with van der Waals surface area (Å²) in [7, 11) is 0. The number of aryl methyl sites for hydroxylation is 1. The molecule has 2 rings (SSSR count). The highest BCUT2D eigenvalue weighted by Crippen LogP contribution is 2.24. The van der Waals surface area contributed by atoms with E-state index in [1.165, 1.54) is 12.8 Å². The molecule has 0 saturated heterocycles. The zero-order valence-corrected chi connectivity index (χ0v) is 10.3. The molecule has 1 fully saturated rings. The summed E-state index contributed by atoms with van der Waals surface area (Å²) in [4.78, 5) is 11.7. The van der Waals surface area contributed by atoms with Crippen molar-refractivity contribution >= 4 is 11.6 Å². The van der Waals surface area contributed by atoms with Gasteiger partial charge in [0.1, 0.15) is 0 Å². The molecule has 92 valence electrons. The molecule has 5 nitrogen and oxygen atoms in total. The first-order valence-corrected chi connectivity index (χ1v) is 6.09. The summed E-state index contributed by atoms with van der Waals surface area (Å²) in [6.07, 6.45) is 4.45. The highest BCUT2D eigenvalue weighted by atomic mass is 16.2. The first kappa shape index (κ1) is 11.8. The van der Waals surface area contributed by atoms with Gasteiger partial charge in [-0.15, -0.1) is 0 Å². The van der Waals surface area contributed by atoms with Crippen LogP contribution in [0.2, 0.25) is 0 Å². The average molecular weight is 234 g/mol. The molecular weight excluding hydrogens is 216 g/mol. The maximum atomic E-state index is 11.7. The Labute approximate surface area is 101 Å². The minimum Gasteiger partial charge on any atom is -0.282 e. The Morgan fingerprint density at radius 3 is 3.18 bits per heavy atom. The first-order valence-electron chi connectivity index (χ1n) is 6.09. The van der Waals surface area contributed by atoms with E-state index in [4.69, 9.17) is 0 Å². The number of aromatic amines is 1. The van der Waals surface area contributed by atoms with Crippen LogP contribution in [0.5, 0.6) is 0 Å². The molecule has 1 aliphatic carbocycles. The number of H-pyrrole nitrogens is 1. The van der Waals surface area contributed by atoms with Gasteiger partial charge in [0.2, 0.25) is 0 Å². The van der Waals surface area contributed by atoms with Gasteiger partial charge in [0.15, 0.2) is 5.69 Å². The largest absolute Gasteiger partial charge is 0.291 e. The van der Waals surface area contributed by atoms with Crippen molar-refractivity contribution in [2.45, 2.75) is 39.5 Å². The van der Waals surface area contributed by atoms with Gasteiger partial charge < -0.3 is 0 Å². The van der Waals surface area contributed by atoms with Gasteiger partial charge in [0, 0.05) is 11.4 Å². The van der Waals surface area contributed by atoms with E-state index in [2.05, 4.69) is 27.6 Å². The van der Waals surface area contributed by atoms with Crippen LogP contribution >= 0.6 is 0 Å². The lowest BCUT2D eigenvalue weighted by atomic mass is 10.0. The molecule has 0 aliphatic heterocycles. The van der Waals surface area contributed by atoms with Crippen LogP contribution in [0.25, 0.3) is 0 Å². The minimum absolute atomic E-state index is 0.247. The van der Waals surface area contributed by atoms with Crippen molar-refractivity contribution in [2.75, 3.05) is 0 Å². The van der Waals surface area contributed by atoms with Gasteiger partial charge in [-0.2, -0.15) is 10.2 Å². The molecule has 1 aliphatic rings. The number of rotatable bonds is 3. The topological polar surface area (TPSA) is 70.1 Å². The van der Waals surface area contributed by atoms with Crippen molar-refractivity contribution < 1.29 is 4.79 Å². The first-order chi connectivity index (χ1) is 8.20. The summed E-state index contributed by atoms with van der Waals surface area (Å²) in [6, 6.07) is 1.71. The van der Waals surface area contributed by atoms with E-state index >= 15 is 0 Å². The molecule has 0 bridgehead atoms. The fourth-order valence-corrected chi connectivity index (χ4v) is 2.20. The second-order valence-corrected chi connectivity index (χ2v) is 4.48. The number of hydrogen-bond acceptors (Lipinski definition) is 3. The molecule has 0 unspecified atom stereocenters. The maximum Gasteiger partial charge on any atom is 0.291 e. The molecule has 5 heteroatoms. The Morgan fingerprint density at radius 2 is 2.53 bits per heavy atom. The Bertz CT molecular complexity index is 435. The van der Waals surface area contributed by atoms with Gasteiger partial charge in [0.05, 0.1) is 0 Å². The van der Waals surface area contributed by atoms with Gasteiger partial charge in [-0.25, -0.2) is 5.43 Å². The number of aromatic nitrogens is 2. The maximum absolute atomic E-state index is 11.7. The number of amides is 1. The predicted molar refractivity (Wildman–Crippen MR) is 65.9 cm³/mol. The molecule has 0 radical (unpaired) electrons. The number of nitrogens with zero attached hydrogens (tertiary/aromatic N) is 2. The van der Waals surface area contributed by atoms with Crippen molar-refractivity contribution in [3.63, 3.8) is 0 Å². The highest BCUT2D eigenvalue weighted by Gasteiger charge is 2.21. The van der Waals surface area contributed by atoms with E-state index in [0.717, 1.165) is 24.2 Å². The molecule has 2 N–H and O–H groups in total. The Balaban J connectivity index is 1.98. The Morgan fingerprint density at radius 1 is 1.71 bits per heavy atom.